The lowest BCUT2D eigenvalue weighted by Crippen LogP contribution is -2.01. The largest absolute Gasteiger partial charge is 0.347 e. The molecule has 0 aliphatic rings. The highest BCUT2D eigenvalue weighted by molar-refractivity contribution is 7.71. The molecule has 0 unspecified atom stereocenters. The van der Waals surface area contributed by atoms with Crippen molar-refractivity contribution in [2.45, 2.75) is 13.3 Å². The van der Waals surface area contributed by atoms with Crippen molar-refractivity contribution in [3.05, 3.63) is 56.8 Å². The Kier molecular flexibility index (Phi) is 3.54. The summed E-state index contributed by atoms with van der Waals surface area (Å²) in [6.07, 6.45) is 0.302. The number of rotatable bonds is 2. The van der Waals surface area contributed by atoms with Crippen LogP contribution in [0.25, 0.3) is 0 Å². The van der Waals surface area contributed by atoms with Crippen LogP contribution >= 0.6 is 23.8 Å². The highest BCUT2D eigenvalue weighted by atomic mass is 35.5. The van der Waals surface area contributed by atoms with Crippen LogP contribution in [0.4, 0.5) is 4.39 Å². The Balaban J connectivity index is 2.41. The first-order valence-corrected chi connectivity index (χ1v) is 5.84. The molecule has 1 N–H and O–H groups in total. The zero-order valence-corrected chi connectivity index (χ0v) is 10.7. The minimum absolute atomic E-state index is 0.302. The van der Waals surface area contributed by atoms with Gasteiger partial charge in [-0.15, -0.1) is 0 Å². The number of benzene rings is 1. The van der Waals surface area contributed by atoms with Gasteiger partial charge in [-0.1, -0.05) is 29.9 Å². The summed E-state index contributed by atoms with van der Waals surface area (Å²) in [7, 11) is 0. The molecule has 0 saturated heterocycles. The number of halogens is 2. The van der Waals surface area contributed by atoms with Crippen molar-refractivity contribution >= 4 is 23.8 Å². The van der Waals surface area contributed by atoms with Crippen LogP contribution in [-0.4, -0.2) is 9.97 Å². The van der Waals surface area contributed by atoms with Crippen molar-refractivity contribution in [2.24, 2.45) is 0 Å². The first-order valence-electron chi connectivity index (χ1n) is 5.06. The summed E-state index contributed by atoms with van der Waals surface area (Å²) < 4.78 is 14.1. The maximum atomic E-state index is 13.6. The molecule has 0 aliphatic heterocycles. The maximum absolute atomic E-state index is 13.6. The Labute approximate surface area is 108 Å². The van der Waals surface area contributed by atoms with Crippen LogP contribution in [-0.2, 0) is 6.42 Å². The van der Waals surface area contributed by atoms with Crippen molar-refractivity contribution < 1.29 is 4.39 Å². The van der Waals surface area contributed by atoms with E-state index in [1.54, 1.807) is 18.2 Å². The van der Waals surface area contributed by atoms with E-state index in [9.17, 15) is 4.39 Å². The molecule has 1 aromatic heterocycles. The fourth-order valence-electron chi connectivity index (χ4n) is 1.59. The van der Waals surface area contributed by atoms with Gasteiger partial charge in [0, 0.05) is 22.7 Å². The third-order valence-corrected chi connectivity index (χ3v) is 2.90. The predicted octanol–water partition coefficient (Wildman–Crippen LogP) is 3.83. The van der Waals surface area contributed by atoms with Gasteiger partial charge in [-0.05, 0) is 25.1 Å². The average Bonchev–Trinajstić information content (AvgIpc) is 2.22. The first-order chi connectivity index (χ1) is 8.06. The zero-order chi connectivity index (χ0) is 12.4. The molecule has 0 aliphatic carbocycles. The Morgan fingerprint density at radius 2 is 2.24 bits per heavy atom. The number of aromatic nitrogens is 2. The topological polar surface area (TPSA) is 28.7 Å². The molecule has 88 valence electrons. The molecule has 2 rings (SSSR count). The second-order valence-electron chi connectivity index (χ2n) is 3.73. The predicted molar refractivity (Wildman–Crippen MR) is 68.4 cm³/mol. The van der Waals surface area contributed by atoms with Crippen LogP contribution in [0, 0.1) is 17.4 Å². The van der Waals surface area contributed by atoms with Crippen molar-refractivity contribution in [2.75, 3.05) is 0 Å². The number of hydrogen-bond acceptors (Lipinski definition) is 2. The average molecular weight is 269 g/mol. The molecule has 0 spiro atoms. The number of H-pyrrole nitrogens is 1. The second kappa shape index (κ2) is 4.94. The highest BCUT2D eigenvalue weighted by Gasteiger charge is 2.09. The summed E-state index contributed by atoms with van der Waals surface area (Å²) >= 11 is 11.0. The van der Waals surface area contributed by atoms with Crippen LogP contribution in [0.1, 0.15) is 17.1 Å². The molecule has 0 amide bonds. The third kappa shape index (κ3) is 2.90. The molecule has 17 heavy (non-hydrogen) atoms. The highest BCUT2D eigenvalue weighted by Crippen LogP contribution is 2.21. The molecule has 0 bridgehead atoms. The quantitative estimate of drug-likeness (QED) is 0.839. The van der Waals surface area contributed by atoms with Crippen LogP contribution in [0.15, 0.2) is 24.3 Å². The lowest BCUT2D eigenvalue weighted by molar-refractivity contribution is 0.612. The maximum Gasteiger partial charge on any atom is 0.129 e. The number of nitrogens with one attached hydrogen (secondary N) is 1. The van der Waals surface area contributed by atoms with Crippen LogP contribution in [0.2, 0.25) is 5.02 Å². The number of aromatic amines is 1. The van der Waals surface area contributed by atoms with Gasteiger partial charge < -0.3 is 4.98 Å². The van der Waals surface area contributed by atoms with Gasteiger partial charge in [-0.3, -0.25) is 0 Å². The van der Waals surface area contributed by atoms with E-state index in [2.05, 4.69) is 9.97 Å². The van der Waals surface area contributed by atoms with E-state index < -0.39 is 0 Å². The summed E-state index contributed by atoms with van der Waals surface area (Å²) in [4.78, 5) is 7.19. The molecule has 0 atom stereocenters. The van der Waals surface area contributed by atoms with Gasteiger partial charge >= 0.3 is 0 Å². The third-order valence-electron chi connectivity index (χ3n) is 2.33. The van der Waals surface area contributed by atoms with Crippen LogP contribution < -0.4 is 0 Å². The molecule has 2 nitrogen and oxygen atoms in total. The molecule has 1 heterocycles. The monoisotopic (exact) mass is 268 g/mol. The summed E-state index contributed by atoms with van der Waals surface area (Å²) in [5.74, 6) is 0.280. The smallest absolute Gasteiger partial charge is 0.129 e. The van der Waals surface area contributed by atoms with Crippen molar-refractivity contribution in [3.8, 4) is 0 Å². The molecular formula is C12H10ClFN2S. The second-order valence-corrected chi connectivity index (χ2v) is 4.55. The van der Waals surface area contributed by atoms with Crippen LogP contribution in [0.3, 0.4) is 0 Å². The Hall–Kier alpha value is -1.26. The number of nitrogens with zero attached hydrogens (tertiary/aromatic N) is 1. The zero-order valence-electron chi connectivity index (χ0n) is 9.13. The molecular weight excluding hydrogens is 259 g/mol. The molecule has 5 heteroatoms. The lowest BCUT2D eigenvalue weighted by Gasteiger charge is -2.06. The van der Waals surface area contributed by atoms with Gasteiger partial charge in [-0.25, -0.2) is 9.37 Å². The number of hydrogen-bond donors (Lipinski definition) is 1. The fourth-order valence-corrected chi connectivity index (χ4v) is 2.11. The summed E-state index contributed by atoms with van der Waals surface area (Å²) in [5.41, 5.74) is 1.32. The van der Waals surface area contributed by atoms with E-state index in [1.165, 1.54) is 6.07 Å². The van der Waals surface area contributed by atoms with Crippen molar-refractivity contribution in [3.63, 3.8) is 0 Å². The van der Waals surface area contributed by atoms with Crippen molar-refractivity contribution in [1.82, 2.24) is 9.97 Å². The first kappa shape index (κ1) is 12.2. The Morgan fingerprint density at radius 3 is 2.88 bits per heavy atom. The minimum Gasteiger partial charge on any atom is -0.347 e. The SMILES string of the molecule is Cc1cc(=S)nc(Cc2c(F)cccc2Cl)[nH]1. The van der Waals surface area contributed by atoms with E-state index >= 15 is 0 Å². The molecule has 0 radical (unpaired) electrons. The number of aryl methyl sites for hydroxylation is 1. The lowest BCUT2D eigenvalue weighted by atomic mass is 10.1. The van der Waals surface area contributed by atoms with Gasteiger partial charge in [0.1, 0.15) is 16.3 Å². The van der Waals surface area contributed by atoms with Gasteiger partial charge in [0.15, 0.2) is 0 Å². The summed E-state index contributed by atoms with van der Waals surface area (Å²) in [6.45, 7) is 1.88. The van der Waals surface area contributed by atoms with E-state index in [4.69, 9.17) is 23.8 Å². The van der Waals surface area contributed by atoms with Crippen LogP contribution in [0.5, 0.6) is 0 Å². The molecule has 1 aromatic carbocycles. The summed E-state index contributed by atoms with van der Waals surface area (Å²) in [6, 6.07) is 6.37. The van der Waals surface area contributed by atoms with Gasteiger partial charge in [-0.2, -0.15) is 0 Å². The summed E-state index contributed by atoms with van der Waals surface area (Å²) in [5, 5.41) is 0.396. The van der Waals surface area contributed by atoms with Crippen molar-refractivity contribution in [1.29, 1.82) is 0 Å². The van der Waals surface area contributed by atoms with E-state index in [0.29, 0.717) is 27.5 Å². The Bertz CT molecular complexity index is 589. The molecule has 2 aromatic rings. The van der Waals surface area contributed by atoms with E-state index in [1.807, 2.05) is 6.92 Å². The normalized spacial score (nSPS) is 10.5. The van der Waals surface area contributed by atoms with E-state index in [-0.39, 0.29) is 5.82 Å². The standard InChI is InChI=1S/C12H10ClFN2S/c1-7-5-12(17)16-11(15-7)6-8-9(13)3-2-4-10(8)14/h2-5H,6H2,1H3,(H,15,16,17). The Morgan fingerprint density at radius 1 is 1.47 bits per heavy atom. The van der Waals surface area contributed by atoms with Gasteiger partial charge in [0.05, 0.1) is 0 Å². The minimum atomic E-state index is -0.333. The van der Waals surface area contributed by atoms with E-state index in [0.717, 1.165) is 5.69 Å². The molecule has 0 fully saturated rings. The fraction of sp³-hybridized carbons (Fsp3) is 0.167. The molecule has 0 saturated carbocycles. The van der Waals surface area contributed by atoms with Gasteiger partial charge in [0.25, 0.3) is 0 Å². The van der Waals surface area contributed by atoms with Gasteiger partial charge in [0.2, 0.25) is 0 Å².